The van der Waals surface area contributed by atoms with Crippen molar-refractivity contribution >= 4 is 5.91 Å². The van der Waals surface area contributed by atoms with E-state index in [1.165, 1.54) is 5.56 Å². The van der Waals surface area contributed by atoms with Crippen LogP contribution >= 0.6 is 0 Å². The van der Waals surface area contributed by atoms with Crippen LogP contribution in [0.4, 0.5) is 0 Å². The smallest absolute Gasteiger partial charge is 0.224 e. The molecule has 21 heavy (non-hydrogen) atoms. The Labute approximate surface area is 126 Å². The highest BCUT2D eigenvalue weighted by Gasteiger charge is 2.12. The largest absolute Gasteiger partial charge is 0.352 e. The van der Waals surface area contributed by atoms with Crippen molar-refractivity contribution in [2.75, 3.05) is 0 Å². The Morgan fingerprint density at radius 2 is 1.62 bits per heavy atom. The number of nitrogens with zero attached hydrogens (tertiary/aromatic N) is 1. The van der Waals surface area contributed by atoms with Gasteiger partial charge < -0.3 is 5.32 Å². The summed E-state index contributed by atoms with van der Waals surface area (Å²) in [5.74, 6) is 0.0288. The second-order valence-corrected chi connectivity index (χ2v) is 6.26. The van der Waals surface area contributed by atoms with Gasteiger partial charge in [0, 0.05) is 18.9 Å². The molecular formula is C18H22N2O. The van der Waals surface area contributed by atoms with E-state index in [9.17, 15) is 4.79 Å². The van der Waals surface area contributed by atoms with Gasteiger partial charge in [0.1, 0.15) is 0 Å². The van der Waals surface area contributed by atoms with Crippen LogP contribution in [0.25, 0.3) is 0 Å². The Morgan fingerprint density at radius 1 is 1.00 bits per heavy atom. The SMILES string of the molecule is CC(C)(C)c1ccc(CNC(=O)Cc2ccncc2)cc1. The first-order chi connectivity index (χ1) is 9.95. The van der Waals surface area contributed by atoms with E-state index >= 15 is 0 Å². The van der Waals surface area contributed by atoms with Crippen LogP contribution in [0, 0.1) is 0 Å². The Bertz CT molecular complexity index is 583. The summed E-state index contributed by atoms with van der Waals surface area (Å²) in [6.45, 7) is 7.14. The second kappa shape index (κ2) is 6.53. The maximum atomic E-state index is 11.9. The molecule has 0 unspecified atom stereocenters. The molecule has 0 saturated heterocycles. The number of hydrogen-bond acceptors (Lipinski definition) is 2. The number of aromatic nitrogens is 1. The van der Waals surface area contributed by atoms with E-state index in [2.05, 4.69) is 55.3 Å². The van der Waals surface area contributed by atoms with Gasteiger partial charge in [0.05, 0.1) is 6.42 Å². The van der Waals surface area contributed by atoms with Gasteiger partial charge in [-0.3, -0.25) is 9.78 Å². The van der Waals surface area contributed by atoms with Crippen LogP contribution in [-0.4, -0.2) is 10.9 Å². The number of nitrogens with one attached hydrogen (secondary N) is 1. The minimum absolute atomic E-state index is 0.0288. The zero-order chi connectivity index (χ0) is 15.3. The molecule has 1 amide bonds. The van der Waals surface area contributed by atoms with E-state index < -0.39 is 0 Å². The van der Waals surface area contributed by atoms with Gasteiger partial charge in [-0.25, -0.2) is 0 Å². The van der Waals surface area contributed by atoms with Crippen LogP contribution in [0.15, 0.2) is 48.8 Å². The molecule has 0 aliphatic carbocycles. The van der Waals surface area contributed by atoms with Crippen LogP contribution in [0.5, 0.6) is 0 Å². The monoisotopic (exact) mass is 282 g/mol. The second-order valence-electron chi connectivity index (χ2n) is 6.26. The zero-order valence-corrected chi connectivity index (χ0v) is 12.9. The van der Waals surface area contributed by atoms with Gasteiger partial charge in [0.15, 0.2) is 0 Å². The fourth-order valence-electron chi connectivity index (χ4n) is 2.07. The molecule has 1 aromatic carbocycles. The number of rotatable bonds is 4. The first kappa shape index (κ1) is 15.2. The van der Waals surface area contributed by atoms with E-state index in [0.717, 1.165) is 11.1 Å². The summed E-state index contributed by atoms with van der Waals surface area (Å²) in [5, 5.41) is 2.95. The van der Waals surface area contributed by atoms with Crippen molar-refractivity contribution in [2.45, 2.75) is 39.2 Å². The average molecular weight is 282 g/mol. The first-order valence-corrected chi connectivity index (χ1v) is 7.20. The third kappa shape index (κ3) is 4.71. The molecule has 1 aromatic heterocycles. The molecule has 0 spiro atoms. The molecule has 0 saturated carbocycles. The molecule has 2 aromatic rings. The summed E-state index contributed by atoms with van der Waals surface area (Å²) in [4.78, 5) is 15.8. The zero-order valence-electron chi connectivity index (χ0n) is 12.9. The maximum absolute atomic E-state index is 11.9. The van der Waals surface area contributed by atoms with Crippen LogP contribution in [-0.2, 0) is 23.2 Å². The highest BCUT2D eigenvalue weighted by Crippen LogP contribution is 2.22. The Morgan fingerprint density at radius 3 is 2.19 bits per heavy atom. The molecular weight excluding hydrogens is 260 g/mol. The fourth-order valence-corrected chi connectivity index (χ4v) is 2.07. The molecule has 0 bridgehead atoms. The van der Waals surface area contributed by atoms with Gasteiger partial charge >= 0.3 is 0 Å². The van der Waals surface area contributed by atoms with Gasteiger partial charge in [-0.05, 0) is 34.2 Å². The quantitative estimate of drug-likeness (QED) is 0.935. The van der Waals surface area contributed by atoms with E-state index in [-0.39, 0.29) is 11.3 Å². The molecule has 0 radical (unpaired) electrons. The topological polar surface area (TPSA) is 42.0 Å². The number of carbonyl (C=O) groups is 1. The number of pyridine rings is 1. The number of amides is 1. The van der Waals surface area contributed by atoms with Gasteiger partial charge in [-0.15, -0.1) is 0 Å². The van der Waals surface area contributed by atoms with E-state index in [1.807, 2.05) is 12.1 Å². The van der Waals surface area contributed by atoms with E-state index in [4.69, 9.17) is 0 Å². The lowest BCUT2D eigenvalue weighted by Crippen LogP contribution is -2.24. The molecule has 1 heterocycles. The normalized spacial score (nSPS) is 11.2. The van der Waals surface area contributed by atoms with E-state index in [1.54, 1.807) is 12.4 Å². The molecule has 3 heteroatoms. The van der Waals surface area contributed by atoms with E-state index in [0.29, 0.717) is 13.0 Å². The van der Waals surface area contributed by atoms with Gasteiger partial charge in [-0.2, -0.15) is 0 Å². The Kier molecular flexibility index (Phi) is 4.73. The van der Waals surface area contributed by atoms with Gasteiger partial charge in [0.2, 0.25) is 5.91 Å². The summed E-state index contributed by atoms with van der Waals surface area (Å²) in [7, 11) is 0. The average Bonchev–Trinajstić information content (AvgIpc) is 2.46. The lowest BCUT2D eigenvalue weighted by Gasteiger charge is -2.19. The molecule has 3 nitrogen and oxygen atoms in total. The third-order valence-corrected chi connectivity index (χ3v) is 3.42. The van der Waals surface area contributed by atoms with Crippen molar-refractivity contribution in [1.29, 1.82) is 0 Å². The van der Waals surface area contributed by atoms with Crippen molar-refractivity contribution in [3.05, 3.63) is 65.5 Å². The highest BCUT2D eigenvalue weighted by atomic mass is 16.1. The fraction of sp³-hybridized carbons (Fsp3) is 0.333. The van der Waals surface area contributed by atoms with Crippen molar-refractivity contribution in [2.24, 2.45) is 0 Å². The lowest BCUT2D eigenvalue weighted by molar-refractivity contribution is -0.120. The van der Waals surface area contributed by atoms with Crippen molar-refractivity contribution in [3.63, 3.8) is 0 Å². The molecule has 0 fully saturated rings. The summed E-state index contributed by atoms with van der Waals surface area (Å²) < 4.78 is 0. The first-order valence-electron chi connectivity index (χ1n) is 7.20. The number of hydrogen-bond donors (Lipinski definition) is 1. The van der Waals surface area contributed by atoms with Crippen LogP contribution in [0.2, 0.25) is 0 Å². The standard InChI is InChI=1S/C18H22N2O/c1-18(2,3)16-6-4-15(5-7-16)13-20-17(21)12-14-8-10-19-11-9-14/h4-11H,12-13H2,1-3H3,(H,20,21). The Balaban J connectivity index is 1.87. The third-order valence-electron chi connectivity index (χ3n) is 3.42. The lowest BCUT2D eigenvalue weighted by atomic mass is 9.87. The summed E-state index contributed by atoms with van der Waals surface area (Å²) in [5.41, 5.74) is 3.55. The number of carbonyl (C=O) groups excluding carboxylic acids is 1. The summed E-state index contributed by atoms with van der Waals surface area (Å²) >= 11 is 0. The van der Waals surface area contributed by atoms with Gasteiger partial charge in [-0.1, -0.05) is 45.0 Å². The Hall–Kier alpha value is -2.16. The molecule has 0 aliphatic rings. The van der Waals surface area contributed by atoms with Crippen LogP contribution < -0.4 is 5.32 Å². The van der Waals surface area contributed by atoms with Crippen molar-refractivity contribution < 1.29 is 4.79 Å². The molecule has 0 atom stereocenters. The van der Waals surface area contributed by atoms with Crippen LogP contribution in [0.3, 0.4) is 0 Å². The highest BCUT2D eigenvalue weighted by molar-refractivity contribution is 5.78. The van der Waals surface area contributed by atoms with Gasteiger partial charge in [0.25, 0.3) is 0 Å². The molecule has 110 valence electrons. The molecule has 1 N–H and O–H groups in total. The van der Waals surface area contributed by atoms with Crippen LogP contribution in [0.1, 0.15) is 37.5 Å². The molecule has 2 rings (SSSR count). The van der Waals surface area contributed by atoms with Crippen molar-refractivity contribution in [1.82, 2.24) is 10.3 Å². The predicted octanol–water partition coefficient (Wildman–Crippen LogP) is 3.24. The predicted molar refractivity (Wildman–Crippen MR) is 84.9 cm³/mol. The minimum atomic E-state index is 0.0288. The molecule has 0 aliphatic heterocycles. The maximum Gasteiger partial charge on any atom is 0.224 e. The minimum Gasteiger partial charge on any atom is -0.352 e. The summed E-state index contributed by atoms with van der Waals surface area (Å²) in [6, 6.07) is 12.1. The summed E-state index contributed by atoms with van der Waals surface area (Å²) in [6.07, 6.45) is 3.80. The van der Waals surface area contributed by atoms with Crippen molar-refractivity contribution in [3.8, 4) is 0 Å². The number of benzene rings is 1.